The number of benzene rings is 3. The van der Waals surface area contributed by atoms with E-state index in [2.05, 4.69) is 10.2 Å². The lowest BCUT2D eigenvalue weighted by Crippen LogP contribution is -2.02. The normalized spacial score (nSPS) is 10.7. The second-order valence-corrected chi connectivity index (χ2v) is 5.80. The van der Waals surface area contributed by atoms with Crippen LogP contribution in [-0.4, -0.2) is 16.8 Å². The second kappa shape index (κ2) is 8.18. The Kier molecular flexibility index (Phi) is 5.51. The molecule has 0 radical (unpaired) electrons. The van der Waals surface area contributed by atoms with Crippen LogP contribution in [0.25, 0.3) is 0 Å². The van der Waals surface area contributed by atoms with Crippen LogP contribution in [-0.2, 0) is 0 Å². The predicted octanol–water partition coefficient (Wildman–Crippen LogP) is 5.12. The minimum Gasteiger partial charge on any atom is -0.258 e. The average molecular weight is 364 g/mol. The van der Waals surface area contributed by atoms with Crippen LogP contribution in [0.5, 0.6) is 0 Å². The zero-order valence-electron chi connectivity index (χ0n) is 13.6. The summed E-state index contributed by atoms with van der Waals surface area (Å²) in [7, 11) is 0. The molecule has 0 heterocycles. The molecule has 0 bridgehead atoms. The van der Waals surface area contributed by atoms with E-state index in [4.69, 9.17) is 11.6 Å². The van der Waals surface area contributed by atoms with Crippen molar-refractivity contribution >= 4 is 29.2 Å². The number of nitrogens with zero attached hydrogens (tertiary/aromatic N) is 3. The molecule has 0 aliphatic rings. The summed E-state index contributed by atoms with van der Waals surface area (Å²) in [4.78, 5) is 10.4. The van der Waals surface area contributed by atoms with Gasteiger partial charge in [-0.25, -0.2) is 0 Å². The minimum atomic E-state index is -0.525. The Hall–Kier alpha value is -3.31. The lowest BCUT2D eigenvalue weighted by molar-refractivity contribution is -0.384. The fourth-order valence-electron chi connectivity index (χ4n) is 2.38. The van der Waals surface area contributed by atoms with Crippen LogP contribution in [0.1, 0.15) is 16.7 Å². The Bertz CT molecular complexity index is 929. The Morgan fingerprint density at radius 2 is 1.50 bits per heavy atom. The fraction of sp³-hybridized carbons (Fsp3) is 0. The summed E-state index contributed by atoms with van der Waals surface area (Å²) in [5.41, 5.74) is 2.96. The van der Waals surface area contributed by atoms with Gasteiger partial charge in [-0.15, -0.1) is 5.10 Å². The van der Waals surface area contributed by atoms with Gasteiger partial charge in [-0.1, -0.05) is 78.3 Å². The van der Waals surface area contributed by atoms with Gasteiger partial charge in [0.15, 0.2) is 0 Å². The van der Waals surface area contributed by atoms with Crippen molar-refractivity contribution < 1.29 is 4.92 Å². The van der Waals surface area contributed by atoms with Crippen LogP contribution in [0.4, 0.5) is 5.69 Å². The van der Waals surface area contributed by atoms with Crippen molar-refractivity contribution in [2.24, 2.45) is 10.2 Å². The van der Waals surface area contributed by atoms with Crippen molar-refractivity contribution in [1.29, 1.82) is 0 Å². The van der Waals surface area contributed by atoms with Crippen LogP contribution in [0.2, 0.25) is 5.02 Å². The highest BCUT2D eigenvalue weighted by atomic mass is 35.5. The van der Waals surface area contributed by atoms with Gasteiger partial charge in [0.05, 0.1) is 11.1 Å². The monoisotopic (exact) mass is 363 g/mol. The summed E-state index contributed by atoms with van der Waals surface area (Å²) in [5.74, 6) is 0. The molecular weight excluding hydrogens is 350 g/mol. The summed E-state index contributed by atoms with van der Waals surface area (Å²) in [6.07, 6.45) is 1.47. The second-order valence-electron chi connectivity index (χ2n) is 5.39. The van der Waals surface area contributed by atoms with Crippen LogP contribution >= 0.6 is 11.6 Å². The van der Waals surface area contributed by atoms with E-state index in [1.165, 1.54) is 18.3 Å². The summed E-state index contributed by atoms with van der Waals surface area (Å²) < 4.78 is 0. The molecule has 26 heavy (non-hydrogen) atoms. The summed E-state index contributed by atoms with van der Waals surface area (Å²) in [6, 6.07) is 23.9. The van der Waals surface area contributed by atoms with Gasteiger partial charge in [0.2, 0.25) is 0 Å². The molecule has 5 nitrogen and oxygen atoms in total. The van der Waals surface area contributed by atoms with E-state index >= 15 is 0 Å². The molecule has 0 N–H and O–H groups in total. The Morgan fingerprint density at radius 1 is 0.923 bits per heavy atom. The van der Waals surface area contributed by atoms with Gasteiger partial charge < -0.3 is 0 Å². The Morgan fingerprint density at radius 3 is 2.04 bits per heavy atom. The first-order valence-corrected chi connectivity index (χ1v) is 8.19. The lowest BCUT2D eigenvalue weighted by atomic mass is 10.0. The molecule has 0 amide bonds. The molecule has 0 fully saturated rings. The van der Waals surface area contributed by atoms with Crippen LogP contribution in [0.3, 0.4) is 0 Å². The van der Waals surface area contributed by atoms with Crippen molar-refractivity contribution in [1.82, 2.24) is 0 Å². The number of hydrogen-bond acceptors (Lipinski definition) is 4. The number of nitro groups is 1. The van der Waals surface area contributed by atoms with Crippen LogP contribution < -0.4 is 0 Å². The van der Waals surface area contributed by atoms with Gasteiger partial charge in [0.25, 0.3) is 5.69 Å². The quantitative estimate of drug-likeness (QED) is 0.358. The molecule has 0 aliphatic heterocycles. The third-order valence-corrected chi connectivity index (χ3v) is 3.95. The van der Waals surface area contributed by atoms with Crippen LogP contribution in [0.15, 0.2) is 89.1 Å². The lowest BCUT2D eigenvalue weighted by Gasteiger charge is -2.05. The first kappa shape index (κ1) is 17.5. The number of halogens is 1. The van der Waals surface area contributed by atoms with Crippen LogP contribution in [0, 0.1) is 10.1 Å². The third kappa shape index (κ3) is 4.20. The van der Waals surface area contributed by atoms with Gasteiger partial charge >= 0.3 is 0 Å². The van der Waals surface area contributed by atoms with E-state index < -0.39 is 4.92 Å². The average Bonchev–Trinajstić information content (AvgIpc) is 2.67. The number of nitro benzene ring substituents is 1. The SMILES string of the molecule is O=[N+]([O-])c1cc(/C=N\N=C(c2ccccc2)c2ccccc2)ccc1Cl. The smallest absolute Gasteiger partial charge is 0.258 e. The molecule has 0 aliphatic carbocycles. The molecule has 6 heteroatoms. The Balaban J connectivity index is 1.96. The fourth-order valence-corrected chi connectivity index (χ4v) is 2.56. The van der Waals surface area contributed by atoms with Crippen molar-refractivity contribution in [2.75, 3.05) is 0 Å². The summed E-state index contributed by atoms with van der Waals surface area (Å²) in [6.45, 7) is 0. The molecular formula is C20H14ClN3O2. The highest BCUT2D eigenvalue weighted by Gasteiger charge is 2.12. The number of hydrogen-bond donors (Lipinski definition) is 0. The predicted molar refractivity (Wildman–Crippen MR) is 104 cm³/mol. The van der Waals surface area contributed by atoms with Crippen molar-refractivity contribution in [2.45, 2.75) is 0 Å². The van der Waals surface area contributed by atoms with Crippen molar-refractivity contribution in [3.8, 4) is 0 Å². The van der Waals surface area contributed by atoms with Gasteiger partial charge in [-0.2, -0.15) is 5.10 Å². The first-order valence-electron chi connectivity index (χ1n) is 7.81. The minimum absolute atomic E-state index is 0.0879. The largest absolute Gasteiger partial charge is 0.288 e. The molecule has 0 spiro atoms. The van der Waals surface area contributed by atoms with Gasteiger partial charge in [-0.3, -0.25) is 10.1 Å². The molecule has 128 valence electrons. The van der Waals surface area contributed by atoms with Gasteiger partial charge in [0.1, 0.15) is 10.7 Å². The van der Waals surface area contributed by atoms with Crippen molar-refractivity contribution in [3.63, 3.8) is 0 Å². The zero-order chi connectivity index (χ0) is 18.4. The highest BCUT2D eigenvalue weighted by Crippen LogP contribution is 2.24. The zero-order valence-corrected chi connectivity index (χ0v) is 14.4. The maximum absolute atomic E-state index is 11.0. The van der Waals surface area contributed by atoms with E-state index in [1.54, 1.807) is 6.07 Å². The molecule has 0 atom stereocenters. The van der Waals surface area contributed by atoms with E-state index in [9.17, 15) is 10.1 Å². The van der Waals surface area contributed by atoms with E-state index in [0.29, 0.717) is 11.3 Å². The first-order chi connectivity index (χ1) is 12.6. The van der Waals surface area contributed by atoms with Crippen molar-refractivity contribution in [3.05, 3.63) is 111 Å². The van der Waals surface area contributed by atoms with E-state index in [0.717, 1.165) is 11.1 Å². The molecule has 3 rings (SSSR count). The highest BCUT2D eigenvalue weighted by molar-refractivity contribution is 6.32. The molecule has 0 saturated carbocycles. The molecule has 0 unspecified atom stereocenters. The van der Waals surface area contributed by atoms with E-state index in [1.807, 2.05) is 60.7 Å². The third-order valence-electron chi connectivity index (χ3n) is 3.63. The molecule has 3 aromatic carbocycles. The van der Waals surface area contributed by atoms with Gasteiger partial charge in [-0.05, 0) is 6.07 Å². The van der Waals surface area contributed by atoms with E-state index in [-0.39, 0.29) is 10.7 Å². The molecule has 0 aromatic heterocycles. The molecule has 0 saturated heterocycles. The maximum Gasteiger partial charge on any atom is 0.288 e. The van der Waals surface area contributed by atoms with Gasteiger partial charge in [0, 0.05) is 22.8 Å². The summed E-state index contributed by atoms with van der Waals surface area (Å²) in [5, 5.41) is 19.5. The maximum atomic E-state index is 11.0. The molecule has 3 aromatic rings. The standard InChI is InChI=1S/C20H14ClN3O2/c21-18-12-11-15(13-19(18)24(25)26)14-22-23-20(16-7-3-1-4-8-16)17-9-5-2-6-10-17/h1-14H/b22-14-. The topological polar surface area (TPSA) is 67.9 Å². The number of rotatable bonds is 5. The Labute approximate surface area is 155 Å². The summed E-state index contributed by atoms with van der Waals surface area (Å²) >= 11 is 5.82.